The van der Waals surface area contributed by atoms with Gasteiger partial charge in [-0.3, -0.25) is 4.79 Å². The Balaban J connectivity index is 1.48. The Morgan fingerprint density at radius 1 is 1.03 bits per heavy atom. The molecule has 1 heterocycles. The number of benzene rings is 2. The monoisotopic (exact) mass is 413 g/mol. The van der Waals surface area contributed by atoms with E-state index in [9.17, 15) is 14.0 Å². The van der Waals surface area contributed by atoms with Crippen molar-refractivity contribution in [2.45, 2.75) is 18.8 Å². The zero-order valence-corrected chi connectivity index (χ0v) is 17.0. The third-order valence-corrected chi connectivity index (χ3v) is 5.11. The molecular formula is C23H28FN3O3. The summed E-state index contributed by atoms with van der Waals surface area (Å²) in [6, 6.07) is 15.6. The maximum atomic E-state index is 13.2. The van der Waals surface area contributed by atoms with Gasteiger partial charge in [-0.05, 0) is 36.1 Å². The number of carbonyl (C=O) groups excluding carboxylic acids is 2. The van der Waals surface area contributed by atoms with Crippen LogP contribution in [0.4, 0.5) is 9.18 Å². The summed E-state index contributed by atoms with van der Waals surface area (Å²) in [6.45, 7) is 2.88. The van der Waals surface area contributed by atoms with Crippen molar-refractivity contribution in [1.29, 1.82) is 0 Å². The van der Waals surface area contributed by atoms with Gasteiger partial charge >= 0.3 is 6.03 Å². The Bertz CT molecular complexity index is 825. The van der Waals surface area contributed by atoms with Crippen LogP contribution < -0.4 is 10.6 Å². The maximum absolute atomic E-state index is 13.2. The van der Waals surface area contributed by atoms with Gasteiger partial charge in [-0.2, -0.15) is 0 Å². The van der Waals surface area contributed by atoms with E-state index >= 15 is 0 Å². The van der Waals surface area contributed by atoms with Crippen molar-refractivity contribution in [2.24, 2.45) is 0 Å². The first kappa shape index (κ1) is 21.8. The highest BCUT2D eigenvalue weighted by molar-refractivity contribution is 5.85. The van der Waals surface area contributed by atoms with E-state index in [1.807, 2.05) is 36.4 Å². The van der Waals surface area contributed by atoms with E-state index < -0.39 is 5.92 Å². The smallest absolute Gasteiger partial charge is 0.314 e. The number of ether oxygens (including phenoxy) is 1. The highest BCUT2D eigenvalue weighted by atomic mass is 19.1. The molecule has 0 aromatic heterocycles. The van der Waals surface area contributed by atoms with Crippen LogP contribution in [0, 0.1) is 5.82 Å². The molecule has 2 N–H and O–H groups in total. The van der Waals surface area contributed by atoms with Gasteiger partial charge in [0, 0.05) is 26.2 Å². The Labute approximate surface area is 176 Å². The van der Waals surface area contributed by atoms with E-state index in [1.54, 1.807) is 11.0 Å². The molecule has 0 spiro atoms. The fourth-order valence-electron chi connectivity index (χ4n) is 3.48. The molecule has 0 radical (unpaired) electrons. The molecular weight excluding hydrogens is 385 g/mol. The summed E-state index contributed by atoms with van der Waals surface area (Å²) in [5.74, 6) is -0.701. The number of hydrogen-bond donors (Lipinski definition) is 2. The van der Waals surface area contributed by atoms with Gasteiger partial charge in [0.15, 0.2) is 0 Å². The van der Waals surface area contributed by atoms with Crippen molar-refractivity contribution in [1.82, 2.24) is 15.5 Å². The predicted octanol–water partition coefficient (Wildman–Crippen LogP) is 2.70. The first-order valence-corrected chi connectivity index (χ1v) is 10.3. The topological polar surface area (TPSA) is 70.7 Å². The lowest BCUT2D eigenvalue weighted by Gasteiger charge is -2.30. The van der Waals surface area contributed by atoms with E-state index in [2.05, 4.69) is 10.6 Å². The van der Waals surface area contributed by atoms with E-state index in [0.717, 1.165) is 11.1 Å². The molecule has 3 rings (SSSR count). The number of morpholine rings is 1. The zero-order chi connectivity index (χ0) is 21.2. The third kappa shape index (κ3) is 6.56. The minimum Gasteiger partial charge on any atom is -0.378 e. The molecule has 1 aliphatic heterocycles. The molecule has 1 saturated heterocycles. The van der Waals surface area contributed by atoms with Crippen LogP contribution in [-0.4, -0.2) is 56.2 Å². The van der Waals surface area contributed by atoms with Gasteiger partial charge in [-0.25, -0.2) is 9.18 Å². The van der Waals surface area contributed by atoms with Crippen molar-refractivity contribution in [2.75, 3.05) is 39.4 Å². The zero-order valence-electron chi connectivity index (χ0n) is 17.0. The van der Waals surface area contributed by atoms with E-state index in [0.29, 0.717) is 45.7 Å². The van der Waals surface area contributed by atoms with Crippen LogP contribution in [0.1, 0.15) is 23.5 Å². The normalized spacial score (nSPS) is 14.8. The summed E-state index contributed by atoms with van der Waals surface area (Å²) in [5, 5.41) is 5.62. The van der Waals surface area contributed by atoms with E-state index in [4.69, 9.17) is 4.74 Å². The average molecular weight is 413 g/mol. The number of nitrogens with one attached hydrogen (secondary N) is 2. The van der Waals surface area contributed by atoms with Crippen molar-refractivity contribution < 1.29 is 18.7 Å². The van der Waals surface area contributed by atoms with Crippen molar-refractivity contribution in [3.05, 3.63) is 71.5 Å². The number of urea groups is 1. The van der Waals surface area contributed by atoms with Gasteiger partial charge in [0.25, 0.3) is 0 Å². The highest BCUT2D eigenvalue weighted by Crippen LogP contribution is 2.18. The Morgan fingerprint density at radius 3 is 2.53 bits per heavy atom. The molecule has 0 bridgehead atoms. The van der Waals surface area contributed by atoms with Crippen LogP contribution in [0.2, 0.25) is 0 Å². The largest absolute Gasteiger partial charge is 0.378 e. The number of amides is 3. The van der Waals surface area contributed by atoms with Crippen molar-refractivity contribution >= 4 is 11.9 Å². The first-order chi connectivity index (χ1) is 14.6. The Morgan fingerprint density at radius 2 is 1.80 bits per heavy atom. The van der Waals surface area contributed by atoms with Gasteiger partial charge in [0.2, 0.25) is 5.91 Å². The minimum absolute atomic E-state index is 0.00379. The molecule has 6 nitrogen and oxygen atoms in total. The van der Waals surface area contributed by atoms with Crippen LogP contribution >= 0.6 is 0 Å². The second kappa shape index (κ2) is 11.3. The van der Waals surface area contributed by atoms with Crippen LogP contribution in [0.5, 0.6) is 0 Å². The van der Waals surface area contributed by atoms with Crippen LogP contribution in [-0.2, 0) is 16.0 Å². The molecule has 1 aliphatic rings. The quantitative estimate of drug-likeness (QED) is 0.654. The van der Waals surface area contributed by atoms with Gasteiger partial charge < -0.3 is 20.3 Å². The van der Waals surface area contributed by atoms with Crippen LogP contribution in [0.25, 0.3) is 0 Å². The fraction of sp³-hybridized carbons (Fsp3) is 0.391. The molecule has 3 amide bonds. The van der Waals surface area contributed by atoms with Crippen molar-refractivity contribution in [3.8, 4) is 0 Å². The second-order valence-corrected chi connectivity index (χ2v) is 7.27. The molecule has 30 heavy (non-hydrogen) atoms. The summed E-state index contributed by atoms with van der Waals surface area (Å²) in [5.41, 5.74) is 1.78. The van der Waals surface area contributed by atoms with Gasteiger partial charge in [-0.1, -0.05) is 42.5 Å². The molecule has 1 fully saturated rings. The number of hydrogen-bond acceptors (Lipinski definition) is 3. The van der Waals surface area contributed by atoms with Crippen molar-refractivity contribution in [3.63, 3.8) is 0 Å². The summed E-state index contributed by atoms with van der Waals surface area (Å²) in [7, 11) is 0. The average Bonchev–Trinajstić information content (AvgIpc) is 2.78. The second-order valence-electron chi connectivity index (χ2n) is 7.27. The molecule has 0 aliphatic carbocycles. The number of aryl methyl sites for hydroxylation is 1. The number of rotatable bonds is 8. The summed E-state index contributed by atoms with van der Waals surface area (Å²) in [6.07, 6.45) is 1.38. The first-order valence-electron chi connectivity index (χ1n) is 10.3. The minimum atomic E-state index is -0.442. The summed E-state index contributed by atoms with van der Waals surface area (Å²) < 4.78 is 18.5. The number of halogens is 1. The highest BCUT2D eigenvalue weighted by Gasteiger charge is 2.27. The lowest BCUT2D eigenvalue weighted by atomic mass is 9.97. The Kier molecular flexibility index (Phi) is 8.20. The molecule has 160 valence electrons. The predicted molar refractivity (Wildman–Crippen MR) is 113 cm³/mol. The SMILES string of the molecule is O=C(NCCCc1cccc(F)c1)NCC(C(=O)N1CCOCC1)c1ccccc1. The Hall–Kier alpha value is -2.93. The molecule has 0 saturated carbocycles. The standard InChI is InChI=1S/C23H28FN3O3/c24-20-10-4-6-18(16-20)7-5-11-25-23(29)26-17-21(19-8-2-1-3-9-19)22(28)27-12-14-30-15-13-27/h1-4,6,8-10,16,21H,5,7,11-15,17H2,(H2,25,26,29). The maximum Gasteiger partial charge on any atom is 0.314 e. The van der Waals surface area contributed by atoms with Gasteiger partial charge in [0.05, 0.1) is 19.1 Å². The van der Waals surface area contributed by atoms with Gasteiger partial charge in [0.1, 0.15) is 5.82 Å². The van der Waals surface area contributed by atoms with Crippen LogP contribution in [0.15, 0.2) is 54.6 Å². The lowest BCUT2D eigenvalue weighted by molar-refractivity contribution is -0.136. The molecule has 7 heteroatoms. The van der Waals surface area contributed by atoms with Crippen LogP contribution in [0.3, 0.4) is 0 Å². The third-order valence-electron chi connectivity index (χ3n) is 5.11. The molecule has 2 aromatic carbocycles. The van der Waals surface area contributed by atoms with E-state index in [-0.39, 0.29) is 24.3 Å². The molecule has 2 aromatic rings. The summed E-state index contributed by atoms with van der Waals surface area (Å²) in [4.78, 5) is 27.0. The number of carbonyl (C=O) groups is 2. The molecule has 1 atom stereocenters. The van der Waals surface area contributed by atoms with E-state index in [1.165, 1.54) is 12.1 Å². The fourth-order valence-corrected chi connectivity index (χ4v) is 3.48. The van der Waals surface area contributed by atoms with Gasteiger partial charge in [-0.15, -0.1) is 0 Å². The molecule has 1 unspecified atom stereocenters. The number of nitrogens with zero attached hydrogens (tertiary/aromatic N) is 1. The summed E-state index contributed by atoms with van der Waals surface area (Å²) >= 11 is 0. The lowest BCUT2D eigenvalue weighted by Crippen LogP contribution is -2.46.